The number of hydrogen-bond donors (Lipinski definition) is 0. The predicted octanol–water partition coefficient (Wildman–Crippen LogP) is 14.3. The van der Waals surface area contributed by atoms with Crippen LogP contribution >= 0.6 is 0 Å². The number of rotatable bonds is 6. The highest BCUT2D eigenvalue weighted by molar-refractivity contribution is 6.24. The summed E-state index contributed by atoms with van der Waals surface area (Å²) in [7, 11) is 0. The lowest BCUT2D eigenvalue weighted by atomic mass is 9.91. The predicted molar refractivity (Wildman–Crippen MR) is 227 cm³/mol. The van der Waals surface area contributed by atoms with Crippen LogP contribution < -0.4 is 9.80 Å². The van der Waals surface area contributed by atoms with Crippen molar-refractivity contribution in [3.05, 3.63) is 172 Å². The second-order valence-corrected chi connectivity index (χ2v) is 15.1. The number of nitrogens with zero attached hydrogens (tertiary/aromatic N) is 2. The number of fused-ring (bicyclic) bond motifs is 5. The van der Waals surface area contributed by atoms with Crippen LogP contribution in [0.15, 0.2) is 139 Å². The minimum atomic E-state index is 0.197. The van der Waals surface area contributed by atoms with Crippen molar-refractivity contribution in [3.63, 3.8) is 0 Å². The maximum atomic E-state index is 2.60. The van der Waals surface area contributed by atoms with E-state index in [9.17, 15) is 0 Å². The Morgan fingerprint density at radius 3 is 1.37 bits per heavy atom. The Bertz CT molecular complexity index is 2550. The van der Waals surface area contributed by atoms with Crippen molar-refractivity contribution in [3.8, 4) is 0 Å². The van der Waals surface area contributed by atoms with Crippen LogP contribution in [0.2, 0.25) is 0 Å². The minimum absolute atomic E-state index is 0.197. The third-order valence-corrected chi connectivity index (χ3v) is 11.7. The summed E-state index contributed by atoms with van der Waals surface area (Å²) < 4.78 is 0. The van der Waals surface area contributed by atoms with Crippen molar-refractivity contribution in [2.24, 2.45) is 0 Å². The Hall–Kier alpha value is -5.60. The van der Waals surface area contributed by atoms with Gasteiger partial charge in [-0.15, -0.1) is 0 Å². The van der Waals surface area contributed by atoms with Gasteiger partial charge in [0.1, 0.15) is 0 Å². The van der Waals surface area contributed by atoms with Gasteiger partial charge in [0.25, 0.3) is 0 Å². The van der Waals surface area contributed by atoms with Crippen molar-refractivity contribution < 1.29 is 0 Å². The van der Waals surface area contributed by atoms with Gasteiger partial charge in [-0.1, -0.05) is 90.0 Å². The standard InChI is InChI=1S/C50H48N2/c1-31-17-21-39(25-35(31)5)51(40-22-18-32(2)36(6)26-40)49-29-47-44-14-10-12-16-46(44)50(30-48(47)43-13-9-11-15-45(43)49)52(41-23-19-33(3)37(7)27-41)42-24-20-34(4)38(8)28-42/h9-27,29-30,42H,28H2,1-8H3. The average molecular weight is 677 g/mol. The molecule has 1 aliphatic carbocycles. The van der Waals surface area contributed by atoms with E-state index in [-0.39, 0.29) is 6.04 Å². The van der Waals surface area contributed by atoms with E-state index in [4.69, 9.17) is 0 Å². The molecular weight excluding hydrogens is 629 g/mol. The molecular formula is C50H48N2. The smallest absolute Gasteiger partial charge is 0.0562 e. The number of hydrogen-bond acceptors (Lipinski definition) is 2. The highest BCUT2D eigenvalue weighted by atomic mass is 15.2. The van der Waals surface area contributed by atoms with Gasteiger partial charge in [-0.05, 0) is 165 Å². The van der Waals surface area contributed by atoms with E-state index >= 15 is 0 Å². The zero-order valence-electron chi connectivity index (χ0n) is 31.8. The van der Waals surface area contributed by atoms with Crippen LogP contribution in [0.25, 0.3) is 32.3 Å². The molecule has 0 radical (unpaired) electrons. The molecule has 0 aliphatic heterocycles. The van der Waals surface area contributed by atoms with E-state index in [2.05, 4.69) is 193 Å². The first kappa shape index (κ1) is 33.5. The fourth-order valence-corrected chi connectivity index (χ4v) is 7.96. The molecule has 0 saturated carbocycles. The maximum absolute atomic E-state index is 2.60. The number of allylic oxidation sites excluding steroid dienone is 2. The minimum Gasteiger partial charge on any atom is -0.334 e. The third kappa shape index (κ3) is 5.77. The second kappa shape index (κ2) is 13.2. The summed E-state index contributed by atoms with van der Waals surface area (Å²) in [6.45, 7) is 17.8. The average Bonchev–Trinajstić information content (AvgIpc) is 3.14. The van der Waals surface area contributed by atoms with Gasteiger partial charge in [-0.2, -0.15) is 0 Å². The molecule has 7 aromatic rings. The maximum Gasteiger partial charge on any atom is 0.0562 e. The quantitative estimate of drug-likeness (QED) is 0.162. The van der Waals surface area contributed by atoms with Gasteiger partial charge < -0.3 is 9.80 Å². The van der Waals surface area contributed by atoms with E-state index in [1.165, 1.54) is 105 Å². The Labute approximate surface area is 309 Å². The molecule has 7 aromatic carbocycles. The molecule has 0 saturated heterocycles. The zero-order chi connectivity index (χ0) is 36.3. The third-order valence-electron chi connectivity index (χ3n) is 11.7. The number of anilines is 5. The van der Waals surface area contributed by atoms with Gasteiger partial charge >= 0.3 is 0 Å². The van der Waals surface area contributed by atoms with Crippen molar-refractivity contribution in [1.82, 2.24) is 0 Å². The Morgan fingerprint density at radius 2 is 0.865 bits per heavy atom. The summed E-state index contributed by atoms with van der Waals surface area (Å²) in [5.74, 6) is 0. The first-order valence-corrected chi connectivity index (χ1v) is 18.6. The van der Waals surface area contributed by atoms with Crippen molar-refractivity contribution in [2.75, 3.05) is 9.80 Å². The highest BCUT2D eigenvalue weighted by Gasteiger charge is 2.26. The van der Waals surface area contributed by atoms with Gasteiger partial charge in [0.2, 0.25) is 0 Å². The molecule has 0 N–H and O–H groups in total. The summed E-state index contributed by atoms with van der Waals surface area (Å²) in [5.41, 5.74) is 16.6. The molecule has 2 heteroatoms. The molecule has 0 spiro atoms. The molecule has 1 aliphatic rings. The molecule has 0 aromatic heterocycles. The summed E-state index contributed by atoms with van der Waals surface area (Å²) >= 11 is 0. The largest absolute Gasteiger partial charge is 0.334 e. The molecule has 2 nitrogen and oxygen atoms in total. The SMILES string of the molecule is CC1=C(C)CC(N(c2ccc(C)c(C)c2)c2cc3c4ccccc4c(N(c4ccc(C)c(C)c4)c4ccc(C)c(C)c4)cc3c3ccccc23)C=C1. The van der Waals surface area contributed by atoms with Crippen LogP contribution in [0.3, 0.4) is 0 Å². The highest BCUT2D eigenvalue weighted by Crippen LogP contribution is 2.47. The first-order chi connectivity index (χ1) is 25.1. The second-order valence-electron chi connectivity index (χ2n) is 15.1. The normalized spacial score (nSPS) is 14.5. The monoisotopic (exact) mass is 676 g/mol. The number of aryl methyl sites for hydroxylation is 6. The summed E-state index contributed by atoms with van der Waals surface area (Å²) in [5, 5.41) is 7.54. The summed E-state index contributed by atoms with van der Waals surface area (Å²) in [4.78, 5) is 5.06. The molecule has 0 bridgehead atoms. The van der Waals surface area contributed by atoms with Crippen molar-refractivity contribution in [1.29, 1.82) is 0 Å². The van der Waals surface area contributed by atoms with Gasteiger partial charge in [0, 0.05) is 27.8 Å². The van der Waals surface area contributed by atoms with Crippen molar-refractivity contribution in [2.45, 2.75) is 67.9 Å². The lowest BCUT2D eigenvalue weighted by molar-refractivity contribution is 0.751. The van der Waals surface area contributed by atoms with E-state index in [1.54, 1.807) is 0 Å². The molecule has 52 heavy (non-hydrogen) atoms. The summed E-state index contributed by atoms with van der Waals surface area (Å²) in [6.07, 6.45) is 5.71. The lowest BCUT2D eigenvalue weighted by Gasteiger charge is -2.36. The Morgan fingerprint density at radius 1 is 0.423 bits per heavy atom. The molecule has 0 fully saturated rings. The van der Waals surface area contributed by atoms with E-state index in [0.29, 0.717) is 0 Å². The molecule has 258 valence electrons. The van der Waals surface area contributed by atoms with Gasteiger partial charge in [0.15, 0.2) is 0 Å². The van der Waals surface area contributed by atoms with Crippen LogP contribution in [0, 0.1) is 41.5 Å². The van der Waals surface area contributed by atoms with Gasteiger partial charge in [-0.25, -0.2) is 0 Å². The Kier molecular flexibility index (Phi) is 8.50. The van der Waals surface area contributed by atoms with Gasteiger partial charge in [0.05, 0.1) is 17.4 Å². The number of benzene rings is 7. The zero-order valence-corrected chi connectivity index (χ0v) is 31.8. The molecule has 1 atom stereocenters. The topological polar surface area (TPSA) is 6.48 Å². The fraction of sp³-hybridized carbons (Fsp3) is 0.200. The van der Waals surface area contributed by atoms with Crippen LogP contribution in [0.1, 0.15) is 53.6 Å². The van der Waals surface area contributed by atoms with Crippen molar-refractivity contribution >= 4 is 60.8 Å². The van der Waals surface area contributed by atoms with E-state index < -0.39 is 0 Å². The van der Waals surface area contributed by atoms with Crippen LogP contribution in [0.4, 0.5) is 28.4 Å². The van der Waals surface area contributed by atoms with E-state index in [0.717, 1.165) is 6.42 Å². The Balaban J connectivity index is 1.45. The molecule has 8 rings (SSSR count). The van der Waals surface area contributed by atoms with Gasteiger partial charge in [-0.3, -0.25) is 0 Å². The summed E-state index contributed by atoms with van der Waals surface area (Å²) in [6, 6.07) is 43.8. The van der Waals surface area contributed by atoms with Crippen LogP contribution in [0.5, 0.6) is 0 Å². The first-order valence-electron chi connectivity index (χ1n) is 18.6. The molecule has 1 unspecified atom stereocenters. The fourth-order valence-electron chi connectivity index (χ4n) is 7.96. The van der Waals surface area contributed by atoms with E-state index in [1.807, 2.05) is 0 Å². The van der Waals surface area contributed by atoms with Crippen LogP contribution in [-0.4, -0.2) is 6.04 Å². The van der Waals surface area contributed by atoms with Crippen LogP contribution in [-0.2, 0) is 0 Å². The molecule has 0 heterocycles. The molecule has 0 amide bonds. The lowest BCUT2D eigenvalue weighted by Crippen LogP contribution is -2.31.